The van der Waals surface area contributed by atoms with Gasteiger partial charge in [-0.15, -0.1) is 0 Å². The Hall–Kier alpha value is -0.810. The molecule has 0 aromatic heterocycles. The van der Waals surface area contributed by atoms with E-state index in [-0.39, 0.29) is 0 Å². The van der Waals surface area contributed by atoms with Crippen LogP contribution in [0.15, 0.2) is 4.99 Å². The van der Waals surface area contributed by atoms with Crippen LogP contribution in [0.1, 0.15) is 59.3 Å². The molecule has 1 saturated carbocycles. The summed E-state index contributed by atoms with van der Waals surface area (Å²) in [5.41, 5.74) is 0. The molecule has 1 aliphatic carbocycles. The van der Waals surface area contributed by atoms with E-state index in [1.807, 2.05) is 0 Å². The molecular weight excluding hydrogens is 310 g/mol. The molecule has 2 N–H and O–H groups in total. The molecular formula is C20H41N5. The van der Waals surface area contributed by atoms with E-state index in [4.69, 9.17) is 4.99 Å². The normalized spacial score (nSPS) is 21.4. The molecule has 146 valence electrons. The van der Waals surface area contributed by atoms with Gasteiger partial charge < -0.3 is 20.4 Å². The van der Waals surface area contributed by atoms with E-state index in [0.29, 0.717) is 6.04 Å². The number of hydrogen-bond donors (Lipinski definition) is 2. The van der Waals surface area contributed by atoms with Crippen molar-refractivity contribution in [2.24, 2.45) is 10.9 Å². The molecule has 0 aromatic rings. The van der Waals surface area contributed by atoms with Crippen molar-refractivity contribution < 1.29 is 0 Å². The van der Waals surface area contributed by atoms with Gasteiger partial charge in [0.15, 0.2) is 5.96 Å². The first-order valence-electron chi connectivity index (χ1n) is 10.6. The predicted octanol–water partition coefficient (Wildman–Crippen LogP) is 2.54. The Morgan fingerprint density at radius 2 is 1.84 bits per heavy atom. The zero-order chi connectivity index (χ0) is 18.1. The lowest BCUT2D eigenvalue weighted by Crippen LogP contribution is -2.49. The Morgan fingerprint density at radius 1 is 1.16 bits per heavy atom. The number of nitrogens with zero attached hydrogens (tertiary/aromatic N) is 3. The molecule has 1 heterocycles. The molecule has 0 spiro atoms. The first-order chi connectivity index (χ1) is 12.1. The number of guanidine groups is 1. The summed E-state index contributed by atoms with van der Waals surface area (Å²) < 4.78 is 0. The van der Waals surface area contributed by atoms with Crippen LogP contribution < -0.4 is 10.6 Å². The molecule has 2 fully saturated rings. The minimum atomic E-state index is 0.564. The lowest BCUT2D eigenvalue weighted by molar-refractivity contribution is 0.187. The topological polar surface area (TPSA) is 42.9 Å². The molecule has 5 heteroatoms. The van der Waals surface area contributed by atoms with Crippen molar-refractivity contribution in [2.75, 3.05) is 46.3 Å². The molecule has 0 unspecified atom stereocenters. The van der Waals surface area contributed by atoms with Crippen molar-refractivity contribution in [3.63, 3.8) is 0 Å². The van der Waals surface area contributed by atoms with Gasteiger partial charge >= 0.3 is 0 Å². The molecule has 0 atom stereocenters. The van der Waals surface area contributed by atoms with E-state index in [1.165, 1.54) is 58.2 Å². The molecule has 5 nitrogen and oxygen atoms in total. The van der Waals surface area contributed by atoms with Crippen molar-refractivity contribution in [1.29, 1.82) is 0 Å². The van der Waals surface area contributed by atoms with E-state index in [2.05, 4.69) is 48.3 Å². The van der Waals surface area contributed by atoms with Crippen LogP contribution in [-0.4, -0.2) is 74.2 Å². The van der Waals surface area contributed by atoms with Crippen molar-refractivity contribution in [3.8, 4) is 0 Å². The van der Waals surface area contributed by atoms with Gasteiger partial charge in [-0.2, -0.15) is 0 Å². The summed E-state index contributed by atoms with van der Waals surface area (Å²) in [6.07, 6.45) is 7.98. The van der Waals surface area contributed by atoms with E-state index >= 15 is 0 Å². The molecule has 25 heavy (non-hydrogen) atoms. The third kappa shape index (κ3) is 7.53. The lowest BCUT2D eigenvalue weighted by Gasteiger charge is -2.34. The van der Waals surface area contributed by atoms with Crippen LogP contribution in [0.4, 0.5) is 0 Å². The monoisotopic (exact) mass is 351 g/mol. The van der Waals surface area contributed by atoms with Crippen LogP contribution in [-0.2, 0) is 0 Å². The SMILES string of the molecule is CCNC(=NCCN(C)C1CCCC1)NC1CCN(CC(C)C)CC1. The summed E-state index contributed by atoms with van der Waals surface area (Å²) in [6, 6.07) is 1.35. The van der Waals surface area contributed by atoms with Crippen molar-refractivity contribution in [3.05, 3.63) is 0 Å². The Labute approximate surface area is 155 Å². The second-order valence-corrected chi connectivity index (χ2v) is 8.29. The summed E-state index contributed by atoms with van der Waals surface area (Å²) in [5, 5.41) is 7.09. The number of rotatable bonds is 8. The third-order valence-corrected chi connectivity index (χ3v) is 5.57. The van der Waals surface area contributed by atoms with Gasteiger partial charge in [-0.3, -0.25) is 4.99 Å². The highest BCUT2D eigenvalue weighted by molar-refractivity contribution is 5.80. The summed E-state index contributed by atoms with van der Waals surface area (Å²) in [5.74, 6) is 1.77. The summed E-state index contributed by atoms with van der Waals surface area (Å²) in [6.45, 7) is 13.3. The van der Waals surface area contributed by atoms with Crippen LogP contribution in [0.3, 0.4) is 0 Å². The van der Waals surface area contributed by atoms with Gasteiger partial charge in [-0.05, 0) is 45.6 Å². The molecule has 0 radical (unpaired) electrons. The minimum Gasteiger partial charge on any atom is -0.357 e. The highest BCUT2D eigenvalue weighted by Gasteiger charge is 2.21. The van der Waals surface area contributed by atoms with Gasteiger partial charge in [0.25, 0.3) is 0 Å². The Bertz CT molecular complexity index is 382. The standard InChI is InChI=1S/C20H41N5/c1-5-21-20(22-12-15-24(4)19-8-6-7-9-19)23-18-10-13-25(14-11-18)16-17(2)3/h17-19H,5-16H2,1-4H3,(H2,21,22,23). The van der Waals surface area contributed by atoms with Crippen LogP contribution in [0, 0.1) is 5.92 Å². The fourth-order valence-corrected chi connectivity index (χ4v) is 4.14. The van der Waals surface area contributed by atoms with Crippen molar-refractivity contribution >= 4 is 5.96 Å². The van der Waals surface area contributed by atoms with Gasteiger partial charge in [0, 0.05) is 44.8 Å². The van der Waals surface area contributed by atoms with Crippen LogP contribution in [0.5, 0.6) is 0 Å². The van der Waals surface area contributed by atoms with Gasteiger partial charge in [-0.25, -0.2) is 0 Å². The highest BCUT2D eigenvalue weighted by Crippen LogP contribution is 2.21. The quantitative estimate of drug-likeness (QED) is 0.521. The maximum absolute atomic E-state index is 4.83. The van der Waals surface area contributed by atoms with Crippen molar-refractivity contribution in [2.45, 2.75) is 71.4 Å². The lowest BCUT2D eigenvalue weighted by atomic mass is 10.0. The number of piperidine rings is 1. The average Bonchev–Trinajstić information content (AvgIpc) is 3.11. The molecule has 1 saturated heterocycles. The van der Waals surface area contributed by atoms with Crippen molar-refractivity contribution in [1.82, 2.24) is 20.4 Å². The molecule has 2 aliphatic rings. The first kappa shape index (κ1) is 20.5. The third-order valence-electron chi connectivity index (χ3n) is 5.57. The molecule has 1 aliphatic heterocycles. The predicted molar refractivity (Wildman–Crippen MR) is 108 cm³/mol. The molecule has 2 rings (SSSR count). The van der Waals surface area contributed by atoms with E-state index in [1.54, 1.807) is 0 Å². The second kappa shape index (κ2) is 11.0. The minimum absolute atomic E-state index is 0.564. The highest BCUT2D eigenvalue weighted by atomic mass is 15.2. The van der Waals surface area contributed by atoms with Gasteiger partial charge in [0.2, 0.25) is 0 Å². The van der Waals surface area contributed by atoms with Gasteiger partial charge in [0.1, 0.15) is 0 Å². The molecule has 0 bridgehead atoms. The Morgan fingerprint density at radius 3 is 2.44 bits per heavy atom. The number of nitrogens with one attached hydrogen (secondary N) is 2. The summed E-state index contributed by atoms with van der Waals surface area (Å²) in [7, 11) is 2.26. The van der Waals surface area contributed by atoms with Crippen LogP contribution >= 0.6 is 0 Å². The van der Waals surface area contributed by atoms with Crippen LogP contribution in [0.25, 0.3) is 0 Å². The molecule has 0 aromatic carbocycles. The Kier molecular flexibility index (Phi) is 9.04. The fraction of sp³-hybridized carbons (Fsp3) is 0.950. The summed E-state index contributed by atoms with van der Waals surface area (Å²) in [4.78, 5) is 9.93. The maximum atomic E-state index is 4.83. The number of likely N-dealkylation sites (tertiary alicyclic amines) is 1. The summed E-state index contributed by atoms with van der Waals surface area (Å²) >= 11 is 0. The molecule has 0 amide bonds. The average molecular weight is 352 g/mol. The van der Waals surface area contributed by atoms with E-state index in [0.717, 1.165) is 37.6 Å². The Balaban J connectivity index is 1.72. The van der Waals surface area contributed by atoms with Gasteiger partial charge in [0.05, 0.1) is 6.54 Å². The van der Waals surface area contributed by atoms with E-state index < -0.39 is 0 Å². The smallest absolute Gasteiger partial charge is 0.191 e. The fourth-order valence-electron chi connectivity index (χ4n) is 4.14. The maximum Gasteiger partial charge on any atom is 0.191 e. The zero-order valence-electron chi connectivity index (χ0n) is 17.1. The number of aliphatic imine (C=N–C) groups is 1. The van der Waals surface area contributed by atoms with E-state index in [9.17, 15) is 0 Å². The number of likely N-dealkylation sites (N-methyl/N-ethyl adjacent to an activating group) is 1. The zero-order valence-corrected chi connectivity index (χ0v) is 17.1. The largest absolute Gasteiger partial charge is 0.357 e. The first-order valence-corrected chi connectivity index (χ1v) is 10.6. The van der Waals surface area contributed by atoms with Crippen LogP contribution in [0.2, 0.25) is 0 Å². The second-order valence-electron chi connectivity index (χ2n) is 8.29. The number of hydrogen-bond acceptors (Lipinski definition) is 3. The van der Waals surface area contributed by atoms with Gasteiger partial charge in [-0.1, -0.05) is 26.7 Å².